The molecule has 1 atom stereocenters. The first kappa shape index (κ1) is 16.0. The minimum atomic E-state index is -0.915. The number of carboxylic acids is 1. The Morgan fingerprint density at radius 1 is 1.45 bits per heavy atom. The van der Waals surface area contributed by atoms with E-state index in [1.807, 2.05) is 20.8 Å². The van der Waals surface area contributed by atoms with Gasteiger partial charge in [-0.25, -0.2) is 0 Å². The number of carboxylic acid groups (broad SMARTS) is 1. The highest BCUT2D eigenvalue weighted by Gasteiger charge is 2.28. The molecule has 0 spiro atoms. The second-order valence-corrected chi connectivity index (χ2v) is 5.71. The molecular weight excluding hydrogens is 258 g/mol. The lowest BCUT2D eigenvalue weighted by atomic mass is 10.0. The van der Waals surface area contributed by atoms with Gasteiger partial charge < -0.3 is 14.4 Å². The zero-order valence-corrected chi connectivity index (χ0v) is 12.3. The van der Waals surface area contributed by atoms with Crippen LogP contribution in [0.5, 0.6) is 0 Å². The number of carbonyl (C=O) groups excluding carboxylic acids is 1. The first-order valence-electron chi connectivity index (χ1n) is 6.48. The van der Waals surface area contributed by atoms with Crippen molar-refractivity contribution in [3.63, 3.8) is 0 Å². The van der Waals surface area contributed by atoms with Gasteiger partial charge in [0, 0.05) is 18.2 Å². The summed E-state index contributed by atoms with van der Waals surface area (Å²) in [6.45, 7) is 7.38. The van der Waals surface area contributed by atoms with Gasteiger partial charge in [0.1, 0.15) is 5.76 Å². The molecule has 0 saturated carbocycles. The van der Waals surface area contributed by atoms with Gasteiger partial charge in [-0.3, -0.25) is 9.59 Å². The van der Waals surface area contributed by atoms with Crippen LogP contribution in [0.15, 0.2) is 28.9 Å². The number of hydrogen-bond donors (Lipinski definition) is 1. The summed E-state index contributed by atoms with van der Waals surface area (Å²) in [6.07, 6.45) is 4.50. The van der Waals surface area contributed by atoms with Crippen molar-refractivity contribution in [2.24, 2.45) is 5.92 Å². The maximum atomic E-state index is 12.2. The van der Waals surface area contributed by atoms with Crippen molar-refractivity contribution in [2.45, 2.75) is 33.2 Å². The van der Waals surface area contributed by atoms with Crippen LogP contribution >= 0.6 is 0 Å². The van der Waals surface area contributed by atoms with E-state index in [-0.39, 0.29) is 12.5 Å². The van der Waals surface area contributed by atoms with Crippen LogP contribution in [0.2, 0.25) is 0 Å². The maximum Gasteiger partial charge on any atom is 0.308 e. The lowest BCUT2D eigenvalue weighted by Crippen LogP contribution is -2.48. The standard InChI is InChI=1S/C15H21NO4/c1-11(14(18)19)10-16(15(2,3)4)13(17)8-7-12-6-5-9-20-12/h5-9,11H,10H2,1-4H3,(H,18,19)/b8-7+. The minimum absolute atomic E-state index is 0.167. The molecule has 20 heavy (non-hydrogen) atoms. The fraction of sp³-hybridized carbons (Fsp3) is 0.467. The molecular formula is C15H21NO4. The minimum Gasteiger partial charge on any atom is -0.481 e. The van der Waals surface area contributed by atoms with Crippen molar-refractivity contribution in [1.82, 2.24) is 4.90 Å². The fourth-order valence-corrected chi connectivity index (χ4v) is 1.68. The molecule has 1 rings (SSSR count). The average molecular weight is 279 g/mol. The zero-order chi connectivity index (χ0) is 15.3. The predicted molar refractivity (Wildman–Crippen MR) is 76.0 cm³/mol. The summed E-state index contributed by atoms with van der Waals surface area (Å²) in [4.78, 5) is 24.8. The molecule has 0 aliphatic rings. The first-order chi connectivity index (χ1) is 9.21. The Kier molecular flexibility index (Phi) is 5.13. The van der Waals surface area contributed by atoms with E-state index in [0.29, 0.717) is 5.76 Å². The lowest BCUT2D eigenvalue weighted by Gasteiger charge is -2.36. The van der Waals surface area contributed by atoms with E-state index in [1.54, 1.807) is 30.0 Å². The number of furan rings is 1. The average Bonchev–Trinajstić information content (AvgIpc) is 2.84. The summed E-state index contributed by atoms with van der Waals surface area (Å²) >= 11 is 0. The highest BCUT2D eigenvalue weighted by atomic mass is 16.4. The van der Waals surface area contributed by atoms with Gasteiger partial charge in [-0.1, -0.05) is 6.92 Å². The van der Waals surface area contributed by atoms with E-state index < -0.39 is 17.4 Å². The largest absolute Gasteiger partial charge is 0.481 e. The molecule has 5 nitrogen and oxygen atoms in total. The highest BCUT2D eigenvalue weighted by molar-refractivity contribution is 5.92. The van der Waals surface area contributed by atoms with Crippen LogP contribution in [0.1, 0.15) is 33.5 Å². The molecule has 0 saturated heterocycles. The molecule has 1 aromatic heterocycles. The Balaban J connectivity index is 2.83. The Morgan fingerprint density at radius 3 is 2.55 bits per heavy atom. The first-order valence-corrected chi connectivity index (χ1v) is 6.48. The summed E-state index contributed by atoms with van der Waals surface area (Å²) in [5, 5.41) is 8.99. The molecule has 0 aromatic carbocycles. The molecule has 1 heterocycles. The summed E-state index contributed by atoms with van der Waals surface area (Å²) in [7, 11) is 0. The van der Waals surface area contributed by atoms with Crippen molar-refractivity contribution < 1.29 is 19.1 Å². The number of rotatable bonds is 5. The van der Waals surface area contributed by atoms with Gasteiger partial charge in [0.25, 0.3) is 0 Å². The Bertz CT molecular complexity index is 482. The Labute approximate surface area is 118 Å². The molecule has 1 aromatic rings. The van der Waals surface area contributed by atoms with Gasteiger partial charge in [0.2, 0.25) is 5.91 Å². The van der Waals surface area contributed by atoms with Gasteiger partial charge in [-0.15, -0.1) is 0 Å². The second kappa shape index (κ2) is 6.41. The number of amides is 1. The van der Waals surface area contributed by atoms with Crippen molar-refractivity contribution in [3.8, 4) is 0 Å². The van der Waals surface area contributed by atoms with Crippen LogP contribution in [0.4, 0.5) is 0 Å². The van der Waals surface area contributed by atoms with E-state index in [2.05, 4.69) is 0 Å². The van der Waals surface area contributed by atoms with Crippen LogP contribution in [-0.4, -0.2) is 34.0 Å². The SMILES string of the molecule is CC(CN(C(=O)/C=C/c1ccco1)C(C)(C)C)C(=O)O. The highest BCUT2D eigenvalue weighted by Crippen LogP contribution is 2.17. The molecule has 1 unspecified atom stereocenters. The van der Waals surface area contributed by atoms with Crippen LogP contribution in [-0.2, 0) is 9.59 Å². The Hall–Kier alpha value is -2.04. The van der Waals surface area contributed by atoms with Crippen molar-refractivity contribution in [3.05, 3.63) is 30.2 Å². The van der Waals surface area contributed by atoms with Gasteiger partial charge in [0.15, 0.2) is 0 Å². The molecule has 0 fully saturated rings. The molecule has 0 aliphatic carbocycles. The predicted octanol–water partition coefficient (Wildman–Crippen LogP) is 2.64. The zero-order valence-electron chi connectivity index (χ0n) is 12.3. The van der Waals surface area contributed by atoms with E-state index in [0.717, 1.165) is 0 Å². The number of carbonyl (C=O) groups is 2. The molecule has 0 aliphatic heterocycles. The second-order valence-electron chi connectivity index (χ2n) is 5.71. The molecule has 1 N–H and O–H groups in total. The maximum absolute atomic E-state index is 12.2. The number of hydrogen-bond acceptors (Lipinski definition) is 3. The summed E-state index contributed by atoms with van der Waals surface area (Å²) in [5.41, 5.74) is -0.450. The van der Waals surface area contributed by atoms with Gasteiger partial charge in [0.05, 0.1) is 12.2 Å². The van der Waals surface area contributed by atoms with Crippen LogP contribution in [0.3, 0.4) is 0 Å². The smallest absolute Gasteiger partial charge is 0.308 e. The van der Waals surface area contributed by atoms with Crippen molar-refractivity contribution >= 4 is 18.0 Å². The third-order valence-corrected chi connectivity index (χ3v) is 2.89. The third kappa shape index (κ3) is 4.57. The third-order valence-electron chi connectivity index (χ3n) is 2.89. The van der Waals surface area contributed by atoms with E-state index >= 15 is 0 Å². The quantitative estimate of drug-likeness (QED) is 0.841. The molecule has 0 radical (unpaired) electrons. The number of aliphatic carboxylic acids is 1. The molecule has 5 heteroatoms. The van der Waals surface area contributed by atoms with Crippen molar-refractivity contribution in [2.75, 3.05) is 6.54 Å². The van der Waals surface area contributed by atoms with Crippen molar-refractivity contribution in [1.29, 1.82) is 0 Å². The number of nitrogens with zero attached hydrogens (tertiary/aromatic N) is 1. The van der Waals surface area contributed by atoms with Gasteiger partial charge >= 0.3 is 5.97 Å². The topological polar surface area (TPSA) is 70.8 Å². The normalized spacial score (nSPS) is 13.4. The monoisotopic (exact) mass is 279 g/mol. The fourth-order valence-electron chi connectivity index (χ4n) is 1.68. The Morgan fingerprint density at radius 2 is 2.10 bits per heavy atom. The van der Waals surface area contributed by atoms with E-state index in [1.165, 1.54) is 12.3 Å². The van der Waals surface area contributed by atoms with Crippen LogP contribution in [0, 0.1) is 5.92 Å². The molecule has 1 amide bonds. The molecule has 0 bridgehead atoms. The van der Waals surface area contributed by atoms with Gasteiger partial charge in [-0.2, -0.15) is 0 Å². The van der Waals surface area contributed by atoms with Gasteiger partial charge in [-0.05, 0) is 39.0 Å². The van der Waals surface area contributed by atoms with E-state index in [4.69, 9.17) is 9.52 Å². The van der Waals surface area contributed by atoms with E-state index in [9.17, 15) is 9.59 Å². The summed E-state index contributed by atoms with van der Waals surface area (Å²) < 4.78 is 5.12. The lowest BCUT2D eigenvalue weighted by molar-refractivity contribution is -0.143. The summed E-state index contributed by atoms with van der Waals surface area (Å²) in [6, 6.07) is 3.48. The summed E-state index contributed by atoms with van der Waals surface area (Å²) in [5.74, 6) is -1.18. The van der Waals surface area contributed by atoms with Crippen LogP contribution in [0.25, 0.3) is 6.08 Å². The van der Waals surface area contributed by atoms with Crippen LogP contribution < -0.4 is 0 Å². The molecule has 110 valence electrons.